The van der Waals surface area contributed by atoms with Gasteiger partial charge in [0, 0.05) is 31.6 Å². The highest BCUT2D eigenvalue weighted by molar-refractivity contribution is 6.23. The molecule has 3 aliphatic heterocycles. The van der Waals surface area contributed by atoms with E-state index in [-0.39, 0.29) is 18.7 Å². The van der Waals surface area contributed by atoms with Crippen LogP contribution in [0.25, 0.3) is 0 Å². The average Bonchev–Trinajstić information content (AvgIpc) is 3.27. The van der Waals surface area contributed by atoms with E-state index >= 15 is 0 Å². The number of carbonyl (C=O) groups excluding carboxylic acids is 4. The Labute approximate surface area is 181 Å². The van der Waals surface area contributed by atoms with Gasteiger partial charge in [0.05, 0.1) is 11.1 Å². The zero-order chi connectivity index (χ0) is 21.5. The molecule has 164 valence electrons. The molecule has 4 amide bonds. The van der Waals surface area contributed by atoms with Crippen molar-refractivity contribution in [1.29, 1.82) is 0 Å². The van der Waals surface area contributed by atoms with Crippen molar-refractivity contribution in [1.82, 2.24) is 20.9 Å². The Morgan fingerprint density at radius 3 is 2.61 bits per heavy atom. The Hall–Kier alpha value is -2.58. The number of benzene rings is 1. The summed E-state index contributed by atoms with van der Waals surface area (Å²) in [6, 6.07) is 5.49. The molecule has 8 heteroatoms. The van der Waals surface area contributed by atoms with Crippen LogP contribution >= 0.6 is 0 Å². The van der Waals surface area contributed by atoms with Crippen molar-refractivity contribution in [2.75, 3.05) is 6.54 Å². The number of amides is 4. The Kier molecular flexibility index (Phi) is 5.35. The summed E-state index contributed by atoms with van der Waals surface area (Å²) in [5.74, 6) is -1.08. The van der Waals surface area contributed by atoms with Crippen LogP contribution < -0.4 is 16.0 Å². The van der Waals surface area contributed by atoms with Gasteiger partial charge in [0.15, 0.2) is 0 Å². The molecule has 0 aromatic heterocycles. The molecule has 1 aliphatic carbocycles. The molecule has 0 spiro atoms. The molecule has 31 heavy (non-hydrogen) atoms. The molecule has 3 heterocycles. The van der Waals surface area contributed by atoms with Gasteiger partial charge < -0.3 is 10.6 Å². The molecule has 3 N–H and O–H groups in total. The maximum absolute atomic E-state index is 12.9. The van der Waals surface area contributed by atoms with Gasteiger partial charge in [0.1, 0.15) is 6.04 Å². The van der Waals surface area contributed by atoms with E-state index in [4.69, 9.17) is 0 Å². The normalized spacial score (nSPS) is 30.4. The molecule has 3 fully saturated rings. The smallest absolute Gasteiger partial charge is 0.262 e. The summed E-state index contributed by atoms with van der Waals surface area (Å²) in [7, 11) is 0. The van der Waals surface area contributed by atoms with E-state index in [0.717, 1.165) is 22.9 Å². The van der Waals surface area contributed by atoms with E-state index in [0.29, 0.717) is 29.8 Å². The second-order valence-corrected chi connectivity index (χ2v) is 9.21. The molecular formula is C23H28N4O4. The number of nitrogens with zero attached hydrogens (tertiary/aromatic N) is 1. The summed E-state index contributed by atoms with van der Waals surface area (Å²) in [6.45, 7) is 1.49. The van der Waals surface area contributed by atoms with Gasteiger partial charge in [-0.1, -0.05) is 18.9 Å². The minimum absolute atomic E-state index is 0.121. The summed E-state index contributed by atoms with van der Waals surface area (Å²) in [5, 5.41) is 9.46. The Balaban J connectivity index is 1.21. The molecule has 2 saturated heterocycles. The van der Waals surface area contributed by atoms with Crippen LogP contribution in [0, 0.1) is 5.92 Å². The number of hydrogen-bond acceptors (Lipinski definition) is 6. The fourth-order valence-electron chi connectivity index (χ4n) is 5.61. The zero-order valence-corrected chi connectivity index (χ0v) is 17.5. The van der Waals surface area contributed by atoms with Gasteiger partial charge in [0.2, 0.25) is 11.8 Å². The number of nitrogens with one attached hydrogen (secondary N) is 3. The quantitative estimate of drug-likeness (QED) is 0.611. The number of hydrogen-bond donors (Lipinski definition) is 3. The minimum atomic E-state index is -0.927. The monoisotopic (exact) mass is 424 g/mol. The molecule has 1 saturated carbocycles. The third-order valence-electron chi connectivity index (χ3n) is 7.17. The van der Waals surface area contributed by atoms with Crippen molar-refractivity contribution < 1.29 is 19.2 Å². The molecule has 4 aliphatic rings. The number of carbonyl (C=O) groups is 4. The topological polar surface area (TPSA) is 108 Å². The van der Waals surface area contributed by atoms with Crippen molar-refractivity contribution in [3.05, 3.63) is 34.9 Å². The molecule has 1 aromatic rings. The van der Waals surface area contributed by atoms with E-state index < -0.39 is 23.8 Å². The number of fused-ring (bicyclic) bond motifs is 2. The summed E-state index contributed by atoms with van der Waals surface area (Å²) in [5.41, 5.74) is 1.58. The second-order valence-electron chi connectivity index (χ2n) is 9.21. The highest BCUT2D eigenvalue weighted by Crippen LogP contribution is 2.33. The molecule has 0 bridgehead atoms. The van der Waals surface area contributed by atoms with Crippen molar-refractivity contribution in [3.63, 3.8) is 0 Å². The summed E-state index contributed by atoms with van der Waals surface area (Å²) in [4.78, 5) is 50.3. The molecule has 1 aromatic carbocycles. The standard InChI is InChI=1S/C23H28N4O4/c28-20-8-7-19(21(29)26-20)27-22(30)16-6-5-13(9-17(16)23(27)31)11-24-12-15-10-14-3-1-2-4-18(14)25-15/h5-6,9,14-15,18-19,24-25H,1-4,7-8,10-12H2,(H,26,28,29)/t14-,15-,18-,19?/m0/s1. The first kappa shape index (κ1) is 20.3. The van der Waals surface area contributed by atoms with Crippen LogP contribution in [0.4, 0.5) is 0 Å². The van der Waals surface area contributed by atoms with Gasteiger partial charge in [-0.15, -0.1) is 0 Å². The molecule has 1 unspecified atom stereocenters. The Morgan fingerprint density at radius 2 is 1.81 bits per heavy atom. The largest absolute Gasteiger partial charge is 0.311 e. The van der Waals surface area contributed by atoms with Crippen LogP contribution in [0.2, 0.25) is 0 Å². The van der Waals surface area contributed by atoms with Crippen molar-refractivity contribution >= 4 is 23.6 Å². The van der Waals surface area contributed by atoms with E-state index in [9.17, 15) is 19.2 Å². The van der Waals surface area contributed by atoms with Crippen molar-refractivity contribution in [2.24, 2.45) is 5.92 Å². The third kappa shape index (κ3) is 3.78. The second kappa shape index (κ2) is 8.16. The van der Waals surface area contributed by atoms with Gasteiger partial charge in [-0.2, -0.15) is 0 Å². The summed E-state index contributed by atoms with van der Waals surface area (Å²) >= 11 is 0. The summed E-state index contributed by atoms with van der Waals surface area (Å²) < 4.78 is 0. The van der Waals surface area contributed by atoms with Gasteiger partial charge in [-0.3, -0.25) is 29.4 Å². The predicted molar refractivity (Wildman–Crippen MR) is 112 cm³/mol. The number of rotatable bonds is 5. The maximum Gasteiger partial charge on any atom is 0.262 e. The third-order valence-corrected chi connectivity index (χ3v) is 7.17. The molecule has 5 rings (SSSR count). The maximum atomic E-state index is 12.9. The van der Waals surface area contributed by atoms with Crippen LogP contribution in [0.5, 0.6) is 0 Å². The SMILES string of the molecule is O=C1CCC(N2C(=O)c3ccc(CNC[C@@H]4C[C@@H]5CCCC[C@@H]5N4)cc3C2=O)C(=O)N1. The molecule has 4 atom stereocenters. The van der Waals surface area contributed by atoms with Gasteiger partial charge in [-0.25, -0.2) is 0 Å². The molecule has 0 radical (unpaired) electrons. The van der Waals surface area contributed by atoms with Crippen LogP contribution in [0.3, 0.4) is 0 Å². The van der Waals surface area contributed by atoms with Gasteiger partial charge in [0.25, 0.3) is 11.8 Å². The predicted octanol–water partition coefficient (Wildman–Crippen LogP) is 1.10. The van der Waals surface area contributed by atoms with Crippen LogP contribution in [-0.2, 0) is 16.1 Å². The average molecular weight is 425 g/mol. The fourth-order valence-corrected chi connectivity index (χ4v) is 5.61. The lowest BCUT2D eigenvalue weighted by Gasteiger charge is -2.27. The van der Waals surface area contributed by atoms with Crippen molar-refractivity contribution in [2.45, 2.75) is 69.6 Å². The highest BCUT2D eigenvalue weighted by Gasteiger charge is 2.44. The Bertz CT molecular complexity index is 932. The summed E-state index contributed by atoms with van der Waals surface area (Å²) in [6.07, 6.45) is 6.80. The lowest BCUT2D eigenvalue weighted by molar-refractivity contribution is -0.136. The Morgan fingerprint density at radius 1 is 1.00 bits per heavy atom. The first-order valence-corrected chi connectivity index (χ1v) is 11.3. The molecule has 8 nitrogen and oxygen atoms in total. The lowest BCUT2D eigenvalue weighted by atomic mass is 9.85. The molecular weight excluding hydrogens is 396 g/mol. The minimum Gasteiger partial charge on any atom is -0.311 e. The van der Waals surface area contributed by atoms with Gasteiger partial charge in [-0.05, 0) is 49.3 Å². The van der Waals surface area contributed by atoms with E-state index in [2.05, 4.69) is 16.0 Å². The van der Waals surface area contributed by atoms with E-state index in [1.165, 1.54) is 32.1 Å². The number of imide groups is 2. The lowest BCUT2D eigenvalue weighted by Crippen LogP contribution is -2.54. The van der Waals surface area contributed by atoms with Gasteiger partial charge >= 0.3 is 0 Å². The first-order valence-electron chi connectivity index (χ1n) is 11.3. The van der Waals surface area contributed by atoms with Crippen LogP contribution in [0.15, 0.2) is 18.2 Å². The van der Waals surface area contributed by atoms with E-state index in [1.54, 1.807) is 12.1 Å². The number of piperidine rings is 1. The van der Waals surface area contributed by atoms with Crippen LogP contribution in [0.1, 0.15) is 71.2 Å². The first-order chi connectivity index (χ1) is 15.0. The van der Waals surface area contributed by atoms with Crippen molar-refractivity contribution in [3.8, 4) is 0 Å². The van der Waals surface area contributed by atoms with Crippen LogP contribution in [-0.4, -0.2) is 53.2 Å². The van der Waals surface area contributed by atoms with E-state index in [1.807, 2.05) is 6.07 Å². The fraction of sp³-hybridized carbons (Fsp3) is 0.565. The highest BCUT2D eigenvalue weighted by atomic mass is 16.2. The zero-order valence-electron chi connectivity index (χ0n) is 17.5.